The SMILES string of the molecule is CCCNC(=O)c1ccccc1NC(=O)c1cc(S(=O)(=O)N2CCCCC2)ccc1OC. The van der Waals surface area contributed by atoms with Crippen LogP contribution in [0.5, 0.6) is 5.75 Å². The van der Waals surface area contributed by atoms with Gasteiger partial charge in [-0.1, -0.05) is 25.5 Å². The van der Waals surface area contributed by atoms with Gasteiger partial charge in [-0.25, -0.2) is 8.42 Å². The van der Waals surface area contributed by atoms with Crippen LogP contribution in [-0.2, 0) is 10.0 Å². The Morgan fingerprint density at radius 2 is 1.72 bits per heavy atom. The third kappa shape index (κ3) is 5.28. The standard InChI is InChI=1S/C23H29N3O5S/c1-3-13-24-22(27)18-9-5-6-10-20(18)25-23(28)19-16-17(11-12-21(19)31-2)32(29,30)26-14-7-4-8-15-26/h5-6,9-12,16H,3-4,7-8,13-15H2,1-2H3,(H,24,27)(H,25,28). The van der Waals surface area contributed by atoms with Gasteiger partial charge in [-0.15, -0.1) is 0 Å². The van der Waals surface area contributed by atoms with Crippen LogP contribution in [0.2, 0.25) is 0 Å². The first-order chi connectivity index (χ1) is 15.4. The molecule has 9 heteroatoms. The molecule has 2 N–H and O–H groups in total. The van der Waals surface area contributed by atoms with Gasteiger partial charge in [-0.3, -0.25) is 9.59 Å². The van der Waals surface area contributed by atoms with Crippen LogP contribution in [0, 0.1) is 0 Å². The molecule has 0 aromatic heterocycles. The van der Waals surface area contributed by atoms with Crippen LogP contribution in [-0.4, -0.2) is 51.3 Å². The van der Waals surface area contributed by atoms with E-state index in [9.17, 15) is 18.0 Å². The predicted octanol–water partition coefficient (Wildman–Crippen LogP) is 3.26. The predicted molar refractivity (Wildman–Crippen MR) is 123 cm³/mol. The number of rotatable bonds is 8. The number of hydrogen-bond donors (Lipinski definition) is 2. The fourth-order valence-corrected chi connectivity index (χ4v) is 5.14. The molecule has 1 fully saturated rings. The Morgan fingerprint density at radius 1 is 1.00 bits per heavy atom. The van der Waals surface area contributed by atoms with E-state index in [4.69, 9.17) is 4.74 Å². The molecular weight excluding hydrogens is 430 g/mol. The fourth-order valence-electron chi connectivity index (χ4n) is 3.59. The molecule has 0 spiro atoms. The molecule has 1 aliphatic rings. The maximum Gasteiger partial charge on any atom is 0.259 e. The van der Waals surface area contributed by atoms with Gasteiger partial charge in [0.15, 0.2) is 0 Å². The van der Waals surface area contributed by atoms with Crippen LogP contribution in [0.4, 0.5) is 5.69 Å². The number of carbonyl (C=O) groups is 2. The smallest absolute Gasteiger partial charge is 0.259 e. The Balaban J connectivity index is 1.90. The summed E-state index contributed by atoms with van der Waals surface area (Å²) in [6, 6.07) is 10.9. The average molecular weight is 460 g/mol. The summed E-state index contributed by atoms with van der Waals surface area (Å²) in [4.78, 5) is 25.6. The number of amides is 2. The quantitative estimate of drug-likeness (QED) is 0.630. The first-order valence-electron chi connectivity index (χ1n) is 10.7. The molecule has 2 aromatic rings. The Bertz CT molecular complexity index is 1080. The third-order valence-electron chi connectivity index (χ3n) is 5.32. The molecule has 2 amide bonds. The molecule has 0 bridgehead atoms. The minimum Gasteiger partial charge on any atom is -0.496 e. The molecule has 2 aromatic carbocycles. The lowest BCUT2D eigenvalue weighted by molar-refractivity contribution is 0.0954. The summed E-state index contributed by atoms with van der Waals surface area (Å²) in [5.74, 6) is -0.613. The number of piperidine rings is 1. The highest BCUT2D eigenvalue weighted by atomic mass is 32.2. The number of sulfonamides is 1. The van der Waals surface area contributed by atoms with Gasteiger partial charge < -0.3 is 15.4 Å². The zero-order chi connectivity index (χ0) is 23.1. The summed E-state index contributed by atoms with van der Waals surface area (Å²) in [7, 11) is -2.30. The molecule has 8 nitrogen and oxygen atoms in total. The molecule has 0 aliphatic carbocycles. The second-order valence-electron chi connectivity index (χ2n) is 7.58. The minimum atomic E-state index is -3.71. The van der Waals surface area contributed by atoms with Gasteiger partial charge in [-0.05, 0) is 49.6 Å². The maximum atomic E-state index is 13.1. The second kappa shape index (κ2) is 10.6. The van der Waals surface area contributed by atoms with Crippen molar-refractivity contribution in [2.45, 2.75) is 37.5 Å². The fraction of sp³-hybridized carbons (Fsp3) is 0.391. The summed E-state index contributed by atoms with van der Waals surface area (Å²) in [6.45, 7) is 3.41. The van der Waals surface area contributed by atoms with Crippen LogP contribution in [0.25, 0.3) is 0 Å². The molecule has 0 saturated carbocycles. The summed E-state index contributed by atoms with van der Waals surface area (Å²) < 4.78 is 32.9. The highest BCUT2D eigenvalue weighted by Gasteiger charge is 2.28. The topological polar surface area (TPSA) is 105 Å². The summed E-state index contributed by atoms with van der Waals surface area (Å²) >= 11 is 0. The number of methoxy groups -OCH3 is 1. The van der Waals surface area contributed by atoms with Crippen LogP contribution in [0.1, 0.15) is 53.3 Å². The zero-order valence-electron chi connectivity index (χ0n) is 18.4. The van der Waals surface area contributed by atoms with E-state index in [1.807, 2.05) is 6.92 Å². The first kappa shape index (κ1) is 23.7. The van der Waals surface area contributed by atoms with Crippen LogP contribution < -0.4 is 15.4 Å². The molecule has 1 aliphatic heterocycles. The van der Waals surface area contributed by atoms with E-state index in [0.717, 1.165) is 25.7 Å². The van der Waals surface area contributed by atoms with Gasteiger partial charge in [-0.2, -0.15) is 4.31 Å². The number of benzene rings is 2. The molecule has 32 heavy (non-hydrogen) atoms. The Labute approximate surface area is 189 Å². The number of ether oxygens (including phenoxy) is 1. The van der Waals surface area contributed by atoms with Crippen molar-refractivity contribution in [2.24, 2.45) is 0 Å². The number of anilines is 1. The van der Waals surface area contributed by atoms with Gasteiger partial charge in [0.1, 0.15) is 5.75 Å². The molecule has 0 atom stereocenters. The van der Waals surface area contributed by atoms with E-state index in [-0.39, 0.29) is 22.1 Å². The lowest BCUT2D eigenvalue weighted by Crippen LogP contribution is -2.35. The van der Waals surface area contributed by atoms with E-state index in [1.54, 1.807) is 24.3 Å². The van der Waals surface area contributed by atoms with E-state index < -0.39 is 15.9 Å². The lowest BCUT2D eigenvalue weighted by atomic mass is 10.1. The Kier molecular flexibility index (Phi) is 7.87. The van der Waals surface area contributed by atoms with Gasteiger partial charge in [0, 0.05) is 19.6 Å². The van der Waals surface area contributed by atoms with Crippen molar-refractivity contribution in [1.29, 1.82) is 0 Å². The van der Waals surface area contributed by atoms with Gasteiger partial charge in [0.25, 0.3) is 11.8 Å². The van der Waals surface area contributed by atoms with Crippen molar-refractivity contribution in [3.05, 3.63) is 53.6 Å². The van der Waals surface area contributed by atoms with E-state index in [2.05, 4.69) is 10.6 Å². The minimum absolute atomic E-state index is 0.0410. The van der Waals surface area contributed by atoms with Crippen LogP contribution in [0.15, 0.2) is 47.4 Å². The molecular formula is C23H29N3O5S. The summed E-state index contributed by atoms with van der Waals surface area (Å²) in [5, 5.41) is 5.52. The average Bonchev–Trinajstić information content (AvgIpc) is 2.82. The number of nitrogens with zero attached hydrogens (tertiary/aromatic N) is 1. The zero-order valence-corrected chi connectivity index (χ0v) is 19.2. The van der Waals surface area contributed by atoms with E-state index in [1.165, 1.54) is 29.6 Å². The first-order valence-corrected chi connectivity index (χ1v) is 12.2. The molecule has 0 radical (unpaired) electrons. The van der Waals surface area contributed by atoms with Crippen molar-refractivity contribution in [2.75, 3.05) is 32.1 Å². The highest BCUT2D eigenvalue weighted by molar-refractivity contribution is 7.89. The maximum absolute atomic E-state index is 13.1. The van der Waals surface area contributed by atoms with Crippen LogP contribution >= 0.6 is 0 Å². The number of carbonyl (C=O) groups excluding carboxylic acids is 2. The number of para-hydroxylation sites is 1. The number of hydrogen-bond acceptors (Lipinski definition) is 5. The second-order valence-corrected chi connectivity index (χ2v) is 9.52. The molecule has 3 rings (SSSR count). The third-order valence-corrected chi connectivity index (χ3v) is 7.22. The van der Waals surface area contributed by atoms with Crippen LogP contribution in [0.3, 0.4) is 0 Å². The highest BCUT2D eigenvalue weighted by Crippen LogP contribution is 2.27. The lowest BCUT2D eigenvalue weighted by Gasteiger charge is -2.26. The molecule has 1 saturated heterocycles. The largest absolute Gasteiger partial charge is 0.496 e. The number of nitrogens with one attached hydrogen (secondary N) is 2. The van der Waals surface area contributed by atoms with Gasteiger partial charge >= 0.3 is 0 Å². The van der Waals surface area contributed by atoms with Crippen molar-refractivity contribution in [3.63, 3.8) is 0 Å². The molecule has 1 heterocycles. The monoisotopic (exact) mass is 459 g/mol. The molecule has 0 unspecified atom stereocenters. The summed E-state index contributed by atoms with van der Waals surface area (Å²) in [5.41, 5.74) is 0.733. The van der Waals surface area contributed by atoms with E-state index in [0.29, 0.717) is 30.9 Å². The molecule has 172 valence electrons. The summed E-state index contributed by atoms with van der Waals surface area (Å²) in [6.07, 6.45) is 3.43. The van der Waals surface area contributed by atoms with Crippen molar-refractivity contribution < 1.29 is 22.7 Å². The Morgan fingerprint density at radius 3 is 2.41 bits per heavy atom. The normalized spacial score (nSPS) is 14.6. The van der Waals surface area contributed by atoms with Crippen molar-refractivity contribution >= 4 is 27.5 Å². The van der Waals surface area contributed by atoms with Gasteiger partial charge in [0.05, 0.1) is 28.8 Å². The Hall–Kier alpha value is -2.91. The van der Waals surface area contributed by atoms with E-state index >= 15 is 0 Å². The van der Waals surface area contributed by atoms with Crippen molar-refractivity contribution in [3.8, 4) is 5.75 Å². The van der Waals surface area contributed by atoms with Crippen molar-refractivity contribution in [1.82, 2.24) is 9.62 Å². The van der Waals surface area contributed by atoms with Gasteiger partial charge in [0.2, 0.25) is 10.0 Å².